The zero-order valence-electron chi connectivity index (χ0n) is 20.3. The first-order valence-electron chi connectivity index (χ1n) is 11.8. The van der Waals surface area contributed by atoms with E-state index in [-0.39, 0.29) is 19.7 Å². The number of nitrogens with one attached hydrogen (secondary N) is 1. The zero-order chi connectivity index (χ0) is 22.8. The zero-order valence-corrected chi connectivity index (χ0v) is 20.3. The second kappa shape index (κ2) is 16.9. The van der Waals surface area contributed by atoms with Crippen LogP contribution in [0.1, 0.15) is 113 Å². The summed E-state index contributed by atoms with van der Waals surface area (Å²) in [5.74, 6) is -0.211. The van der Waals surface area contributed by atoms with E-state index in [9.17, 15) is 9.59 Å². The van der Waals surface area contributed by atoms with Crippen molar-refractivity contribution in [3.05, 3.63) is 29.8 Å². The Labute approximate surface area is 186 Å². The molecule has 0 heterocycles. The van der Waals surface area contributed by atoms with Gasteiger partial charge in [0.2, 0.25) is 5.91 Å². The molecule has 0 spiro atoms. The molecule has 0 saturated heterocycles. The monoisotopic (exact) mass is 421 g/mol. The van der Waals surface area contributed by atoms with E-state index in [1.807, 2.05) is 45.0 Å². The number of anilines is 1. The van der Waals surface area contributed by atoms with E-state index in [2.05, 4.69) is 26.1 Å². The smallest absolute Gasteiger partial charge is 0.310 e. The van der Waals surface area contributed by atoms with Crippen molar-refractivity contribution in [3.63, 3.8) is 0 Å². The average molecular weight is 422 g/mol. The molecule has 0 unspecified atom stereocenters. The summed E-state index contributed by atoms with van der Waals surface area (Å²) >= 11 is 0. The van der Waals surface area contributed by atoms with E-state index in [0.29, 0.717) is 6.42 Å². The molecule has 0 bridgehead atoms. The van der Waals surface area contributed by atoms with Crippen LogP contribution in [0.15, 0.2) is 24.3 Å². The van der Waals surface area contributed by atoms with Gasteiger partial charge in [0.15, 0.2) is 0 Å². The number of ether oxygens (including phenoxy) is 1. The van der Waals surface area contributed by atoms with Crippen molar-refractivity contribution in [2.24, 2.45) is 0 Å². The SMILES string of the molecule is CCCCCC(=O)Nc1ccc(CC(=O)OC(C)(C)C)cc1.CCCCCCCC.[HH]. The Bertz CT molecular complexity index is 573. The highest BCUT2D eigenvalue weighted by Gasteiger charge is 2.16. The van der Waals surface area contributed by atoms with Crippen LogP contribution in [-0.2, 0) is 20.7 Å². The number of unbranched alkanes of at least 4 members (excludes halogenated alkanes) is 7. The van der Waals surface area contributed by atoms with Crippen LogP contribution in [0, 0.1) is 0 Å². The lowest BCUT2D eigenvalue weighted by molar-refractivity contribution is -0.153. The lowest BCUT2D eigenvalue weighted by Crippen LogP contribution is -2.24. The number of rotatable bonds is 12. The third-order valence-electron chi connectivity index (χ3n) is 4.47. The van der Waals surface area contributed by atoms with Crippen molar-refractivity contribution in [2.45, 2.75) is 118 Å². The summed E-state index contributed by atoms with van der Waals surface area (Å²) in [5.41, 5.74) is 1.16. The maximum Gasteiger partial charge on any atom is 0.310 e. The van der Waals surface area contributed by atoms with Gasteiger partial charge in [0.25, 0.3) is 0 Å². The van der Waals surface area contributed by atoms with Gasteiger partial charge in [0.1, 0.15) is 5.60 Å². The number of hydrogen-bond donors (Lipinski definition) is 1. The van der Waals surface area contributed by atoms with E-state index in [4.69, 9.17) is 4.74 Å². The van der Waals surface area contributed by atoms with E-state index in [1.165, 1.54) is 38.5 Å². The fourth-order valence-electron chi connectivity index (χ4n) is 2.86. The number of hydrogen-bond acceptors (Lipinski definition) is 3. The summed E-state index contributed by atoms with van der Waals surface area (Å²) in [4.78, 5) is 23.5. The van der Waals surface area contributed by atoms with Crippen molar-refractivity contribution in [2.75, 3.05) is 5.32 Å². The van der Waals surface area contributed by atoms with Crippen LogP contribution in [0.5, 0.6) is 0 Å². The molecule has 0 fully saturated rings. The summed E-state index contributed by atoms with van der Waals surface area (Å²) in [6.07, 6.45) is 12.4. The molecule has 1 rings (SSSR count). The van der Waals surface area contributed by atoms with Gasteiger partial charge in [0, 0.05) is 13.5 Å². The van der Waals surface area contributed by atoms with Gasteiger partial charge >= 0.3 is 5.97 Å². The first kappa shape index (κ1) is 28.2. The summed E-state index contributed by atoms with van der Waals surface area (Å²) in [5, 5.41) is 2.86. The van der Waals surface area contributed by atoms with E-state index in [0.717, 1.165) is 30.5 Å². The third-order valence-corrected chi connectivity index (χ3v) is 4.47. The minimum atomic E-state index is -0.469. The van der Waals surface area contributed by atoms with E-state index in [1.54, 1.807) is 0 Å². The standard InChI is InChI=1S/C18H27NO3.C8H18.H2/c1-5-6-7-8-16(20)19-15-11-9-14(10-12-15)13-17(21)22-18(2,3)4;1-3-5-7-8-6-4-2;/h9-12H,5-8,13H2,1-4H3,(H,19,20);3-8H2,1-2H3;1H. The summed E-state index contributed by atoms with van der Waals surface area (Å²) in [7, 11) is 0. The molecule has 1 aromatic rings. The minimum absolute atomic E-state index is 0. The highest BCUT2D eigenvalue weighted by atomic mass is 16.6. The summed E-state index contributed by atoms with van der Waals surface area (Å²) in [6.45, 7) is 12.2. The number of esters is 1. The Morgan fingerprint density at radius 3 is 1.80 bits per heavy atom. The van der Waals surface area contributed by atoms with Gasteiger partial charge in [-0.1, -0.05) is 84.3 Å². The molecule has 0 aliphatic heterocycles. The molecule has 0 aliphatic carbocycles. The van der Waals surface area contributed by atoms with Crippen molar-refractivity contribution in [1.29, 1.82) is 0 Å². The summed E-state index contributed by atoms with van der Waals surface area (Å²) in [6, 6.07) is 7.31. The van der Waals surface area contributed by atoms with Crippen molar-refractivity contribution in [1.82, 2.24) is 0 Å². The van der Waals surface area contributed by atoms with Crippen LogP contribution in [0.25, 0.3) is 0 Å². The van der Waals surface area contributed by atoms with Gasteiger partial charge in [-0.15, -0.1) is 0 Å². The molecule has 1 N–H and O–H groups in total. The van der Waals surface area contributed by atoms with E-state index >= 15 is 0 Å². The Morgan fingerprint density at radius 1 is 0.833 bits per heavy atom. The van der Waals surface area contributed by atoms with Crippen LogP contribution in [0.3, 0.4) is 0 Å². The van der Waals surface area contributed by atoms with Gasteiger partial charge in [-0.3, -0.25) is 9.59 Å². The normalized spacial score (nSPS) is 10.7. The number of carbonyl (C=O) groups excluding carboxylic acids is 2. The Balaban J connectivity index is 0. The summed E-state index contributed by atoms with van der Waals surface area (Å²) < 4.78 is 5.28. The molecule has 0 radical (unpaired) electrons. The predicted molar refractivity (Wildman–Crippen MR) is 130 cm³/mol. The maximum absolute atomic E-state index is 11.7. The fourth-order valence-corrected chi connectivity index (χ4v) is 2.86. The van der Waals surface area contributed by atoms with Crippen LogP contribution >= 0.6 is 0 Å². The van der Waals surface area contributed by atoms with Crippen molar-refractivity contribution in [3.8, 4) is 0 Å². The van der Waals surface area contributed by atoms with Gasteiger partial charge in [0.05, 0.1) is 6.42 Å². The second-order valence-corrected chi connectivity index (χ2v) is 8.88. The molecule has 174 valence electrons. The molecule has 4 nitrogen and oxygen atoms in total. The first-order valence-corrected chi connectivity index (χ1v) is 11.8. The Hall–Kier alpha value is -1.84. The molecule has 1 aromatic carbocycles. The quantitative estimate of drug-likeness (QED) is 0.278. The lowest BCUT2D eigenvalue weighted by atomic mass is 10.1. The molecule has 4 heteroatoms. The molecular formula is C26H47NO3. The second-order valence-electron chi connectivity index (χ2n) is 8.88. The molecule has 0 aromatic heterocycles. The molecule has 0 saturated carbocycles. The first-order chi connectivity index (χ1) is 14.2. The van der Waals surface area contributed by atoms with E-state index < -0.39 is 5.60 Å². The van der Waals surface area contributed by atoms with Crippen LogP contribution in [0.4, 0.5) is 5.69 Å². The molecular weight excluding hydrogens is 374 g/mol. The highest BCUT2D eigenvalue weighted by molar-refractivity contribution is 5.90. The predicted octanol–water partition coefficient (Wildman–Crippen LogP) is 7.70. The minimum Gasteiger partial charge on any atom is -0.460 e. The van der Waals surface area contributed by atoms with Gasteiger partial charge in [-0.2, -0.15) is 0 Å². The van der Waals surface area contributed by atoms with Gasteiger partial charge < -0.3 is 10.1 Å². The number of carbonyl (C=O) groups is 2. The van der Waals surface area contributed by atoms with Crippen LogP contribution in [-0.4, -0.2) is 17.5 Å². The Morgan fingerprint density at radius 2 is 1.33 bits per heavy atom. The van der Waals surface area contributed by atoms with Crippen molar-refractivity contribution >= 4 is 17.6 Å². The maximum atomic E-state index is 11.7. The number of benzene rings is 1. The van der Waals surface area contributed by atoms with Crippen LogP contribution < -0.4 is 5.32 Å². The van der Waals surface area contributed by atoms with Crippen molar-refractivity contribution < 1.29 is 15.8 Å². The van der Waals surface area contributed by atoms with Gasteiger partial charge in [-0.05, 0) is 44.9 Å². The number of amides is 1. The lowest BCUT2D eigenvalue weighted by Gasteiger charge is -2.19. The fraction of sp³-hybridized carbons (Fsp3) is 0.692. The molecule has 30 heavy (non-hydrogen) atoms. The largest absolute Gasteiger partial charge is 0.460 e. The molecule has 0 aliphatic rings. The Kier molecular flexibility index (Phi) is 15.9. The average Bonchev–Trinajstić information content (AvgIpc) is 2.66. The topological polar surface area (TPSA) is 55.4 Å². The highest BCUT2D eigenvalue weighted by Crippen LogP contribution is 2.14. The molecule has 1 amide bonds. The molecule has 0 atom stereocenters. The third kappa shape index (κ3) is 17.1. The van der Waals surface area contributed by atoms with Gasteiger partial charge in [-0.25, -0.2) is 0 Å². The van der Waals surface area contributed by atoms with Crippen LogP contribution in [0.2, 0.25) is 0 Å².